The molecule has 8 rings (SSSR count). The highest BCUT2D eigenvalue weighted by atomic mass is 35.5. The zero-order chi connectivity index (χ0) is 42.5. The van der Waals surface area contributed by atoms with Crippen LogP contribution in [0, 0.1) is 11.3 Å². The van der Waals surface area contributed by atoms with E-state index in [1.54, 1.807) is 24.3 Å². The van der Waals surface area contributed by atoms with Crippen molar-refractivity contribution in [3.05, 3.63) is 182 Å². The Balaban J connectivity index is 0.987. The van der Waals surface area contributed by atoms with Crippen molar-refractivity contribution in [1.82, 2.24) is 10.2 Å². The lowest BCUT2D eigenvalue weighted by Gasteiger charge is -2.42. The van der Waals surface area contributed by atoms with Gasteiger partial charge in [0.2, 0.25) is 5.91 Å². The number of rotatable bonds is 13. The van der Waals surface area contributed by atoms with Gasteiger partial charge in [0.25, 0.3) is 0 Å². The summed E-state index contributed by atoms with van der Waals surface area (Å²) in [6.45, 7) is 3.19. The second kappa shape index (κ2) is 18.5. The van der Waals surface area contributed by atoms with Crippen LogP contribution in [0.1, 0.15) is 64.4 Å². The van der Waals surface area contributed by atoms with Crippen molar-refractivity contribution >= 4 is 35.1 Å². The van der Waals surface area contributed by atoms with Crippen molar-refractivity contribution in [2.45, 2.75) is 63.6 Å². The van der Waals surface area contributed by atoms with Gasteiger partial charge < -0.3 is 24.6 Å². The molecule has 0 bridgehead atoms. The van der Waals surface area contributed by atoms with E-state index in [-0.39, 0.29) is 24.5 Å². The predicted octanol–water partition coefficient (Wildman–Crippen LogP) is 10.3. The molecule has 4 atom stereocenters. The second-order valence-corrected chi connectivity index (χ2v) is 16.1. The summed E-state index contributed by atoms with van der Waals surface area (Å²) >= 11 is 12.2. The average Bonchev–Trinajstić information content (AvgIpc) is 3.29. The van der Waals surface area contributed by atoms with Gasteiger partial charge in [0.05, 0.1) is 27.7 Å². The number of nitriles is 1. The van der Waals surface area contributed by atoms with Crippen molar-refractivity contribution < 1.29 is 28.9 Å². The molecule has 0 fully saturated rings. The molecule has 0 saturated heterocycles. The lowest BCUT2D eigenvalue weighted by Crippen LogP contribution is -2.55. The van der Waals surface area contributed by atoms with Crippen molar-refractivity contribution in [1.29, 1.82) is 5.26 Å². The van der Waals surface area contributed by atoms with Gasteiger partial charge in [-0.15, -0.1) is 0 Å². The minimum Gasteiger partial charge on any atom is -0.489 e. The van der Waals surface area contributed by atoms with Gasteiger partial charge in [0.1, 0.15) is 25.0 Å². The molecule has 2 aliphatic heterocycles. The third kappa shape index (κ3) is 9.53. The van der Waals surface area contributed by atoms with E-state index in [0.717, 1.165) is 50.9 Å². The number of hydrogen-bond donors (Lipinski definition) is 2. The third-order valence-electron chi connectivity index (χ3n) is 11.4. The fourth-order valence-electron chi connectivity index (χ4n) is 8.09. The zero-order valence-electron chi connectivity index (χ0n) is 33.4. The quantitative estimate of drug-likeness (QED) is 0.118. The summed E-state index contributed by atoms with van der Waals surface area (Å²) < 4.78 is 18.9. The number of nitrogens with one attached hydrogen (secondary N) is 1. The molecule has 1 amide bonds. The Kier molecular flexibility index (Phi) is 12.6. The van der Waals surface area contributed by atoms with Crippen LogP contribution in [0.2, 0.25) is 10.0 Å². The normalized spacial score (nSPS) is 16.7. The number of halogens is 2. The number of carboxylic acids is 1. The highest BCUT2D eigenvalue weighted by Crippen LogP contribution is 2.42. The minimum atomic E-state index is -1.14. The van der Waals surface area contributed by atoms with E-state index in [9.17, 15) is 14.7 Å². The number of amides is 1. The van der Waals surface area contributed by atoms with Crippen LogP contribution in [0.5, 0.6) is 17.2 Å². The molecule has 2 heterocycles. The van der Waals surface area contributed by atoms with E-state index in [0.29, 0.717) is 59.0 Å². The number of carboxylic acid groups (broad SMARTS) is 1. The van der Waals surface area contributed by atoms with E-state index >= 15 is 0 Å². The molecule has 0 saturated carbocycles. The Labute approximate surface area is 365 Å². The number of carbonyl (C=O) groups excluding carboxylic acids is 1. The van der Waals surface area contributed by atoms with Gasteiger partial charge in [-0.1, -0.05) is 115 Å². The Morgan fingerprint density at radius 3 is 2.21 bits per heavy atom. The van der Waals surface area contributed by atoms with Crippen LogP contribution in [0.4, 0.5) is 0 Å². The van der Waals surface area contributed by atoms with Crippen LogP contribution in [-0.4, -0.2) is 40.6 Å². The van der Waals surface area contributed by atoms with Crippen molar-refractivity contribution in [3.63, 3.8) is 0 Å². The molecule has 2 aliphatic rings. The highest BCUT2D eigenvalue weighted by Gasteiger charge is 2.39. The van der Waals surface area contributed by atoms with Gasteiger partial charge >= 0.3 is 5.97 Å². The first-order chi connectivity index (χ1) is 29.6. The molecule has 9 nitrogen and oxygen atoms in total. The molecular weight excluding hydrogens is 809 g/mol. The van der Waals surface area contributed by atoms with Crippen LogP contribution in [0.25, 0.3) is 11.1 Å². The summed E-state index contributed by atoms with van der Waals surface area (Å²) in [6.07, 6.45) is 0.861. The summed E-state index contributed by atoms with van der Waals surface area (Å²) in [5.41, 5.74) is 8.13. The maximum atomic E-state index is 14.4. The van der Waals surface area contributed by atoms with Crippen molar-refractivity contribution in [3.8, 4) is 34.4 Å². The van der Waals surface area contributed by atoms with E-state index < -0.39 is 18.1 Å². The van der Waals surface area contributed by atoms with E-state index in [1.165, 1.54) is 0 Å². The maximum Gasteiger partial charge on any atom is 0.326 e. The predicted molar refractivity (Wildman–Crippen MR) is 235 cm³/mol. The average molecular weight is 853 g/mol. The second-order valence-electron chi connectivity index (χ2n) is 15.3. The summed E-state index contributed by atoms with van der Waals surface area (Å²) in [4.78, 5) is 29.3. The third-order valence-corrected chi connectivity index (χ3v) is 12.1. The van der Waals surface area contributed by atoms with Gasteiger partial charge in [-0.25, -0.2) is 4.79 Å². The smallest absolute Gasteiger partial charge is 0.326 e. The van der Waals surface area contributed by atoms with E-state index in [1.807, 2.05) is 97.1 Å². The molecule has 6 aromatic rings. The number of aliphatic carboxylic acids is 1. The van der Waals surface area contributed by atoms with Gasteiger partial charge in [-0.3, -0.25) is 9.69 Å². The van der Waals surface area contributed by atoms with Gasteiger partial charge in [0, 0.05) is 19.0 Å². The topological polar surface area (TPSA) is 121 Å². The molecule has 6 aromatic carbocycles. The fraction of sp³-hybridized carbons (Fsp3) is 0.220. The molecule has 1 unspecified atom stereocenters. The first-order valence-corrected chi connectivity index (χ1v) is 21.0. The minimum absolute atomic E-state index is 0.110. The van der Waals surface area contributed by atoms with Crippen molar-refractivity contribution in [2.75, 3.05) is 6.61 Å². The Hall–Kier alpha value is -6.31. The summed E-state index contributed by atoms with van der Waals surface area (Å²) in [5.74, 6) is 0.477. The Bertz CT molecular complexity index is 2560. The molecule has 0 aromatic heterocycles. The largest absolute Gasteiger partial charge is 0.489 e. The standard InChI is InChI=1S/C50H43Cl2N3O6/c1-2-44(36-6-4-3-5-7-36)55-28-39-26-47-46(60-30-48(61-47)37-17-19-40(20-18-37)59-29-33-12-21-41(51)42(52)22-33)25-38(39)24-45(55)49(56)54-43(50(57)58)23-31-8-13-34(14-9-31)35-15-10-32(27-53)11-16-35/h3-22,25-26,43-45,48H,2,23-24,28-30H2,1H3,(H,54,56)(H,57,58)/t43-,44?,45-,48-/m0/s1. The Morgan fingerprint density at radius 2 is 1.54 bits per heavy atom. The number of fused-ring (bicyclic) bond motifs is 2. The SMILES string of the molecule is CCC(c1ccccc1)N1Cc2cc3c(cc2C[C@H]1C(=O)N[C@@H](Cc1ccc(-c2ccc(C#N)cc2)cc1)C(=O)O)OC[C@@H](c1ccc(OCc2ccc(Cl)c(Cl)c2)cc1)O3. The lowest BCUT2D eigenvalue weighted by atomic mass is 9.89. The van der Waals surface area contributed by atoms with Crippen LogP contribution >= 0.6 is 23.2 Å². The first-order valence-electron chi connectivity index (χ1n) is 20.2. The molecular formula is C50H43Cl2N3O6. The molecule has 0 spiro atoms. The number of hydrogen-bond acceptors (Lipinski definition) is 7. The fourth-order valence-corrected chi connectivity index (χ4v) is 8.41. The Morgan fingerprint density at radius 1 is 0.852 bits per heavy atom. The van der Waals surface area contributed by atoms with Gasteiger partial charge in [0.15, 0.2) is 17.6 Å². The monoisotopic (exact) mass is 851 g/mol. The van der Waals surface area contributed by atoms with Gasteiger partial charge in [-0.05, 0) is 106 Å². The van der Waals surface area contributed by atoms with Crippen LogP contribution < -0.4 is 19.5 Å². The zero-order valence-corrected chi connectivity index (χ0v) is 34.9. The summed E-state index contributed by atoms with van der Waals surface area (Å²) in [7, 11) is 0. The number of nitrogens with zero attached hydrogens (tertiary/aromatic N) is 2. The molecule has 0 aliphatic carbocycles. The van der Waals surface area contributed by atoms with Crippen LogP contribution in [0.3, 0.4) is 0 Å². The van der Waals surface area contributed by atoms with E-state index in [2.05, 4.69) is 35.3 Å². The number of ether oxygens (including phenoxy) is 3. The maximum absolute atomic E-state index is 14.4. The van der Waals surface area contributed by atoms with Crippen molar-refractivity contribution in [2.24, 2.45) is 0 Å². The first kappa shape index (κ1) is 41.4. The van der Waals surface area contributed by atoms with Crippen LogP contribution in [0.15, 0.2) is 133 Å². The summed E-state index contributed by atoms with van der Waals surface area (Å²) in [5, 5.41) is 23.4. The molecule has 308 valence electrons. The van der Waals surface area contributed by atoms with E-state index in [4.69, 9.17) is 42.7 Å². The lowest BCUT2D eigenvalue weighted by molar-refractivity contribution is -0.143. The molecule has 11 heteroatoms. The molecule has 0 radical (unpaired) electrons. The number of benzene rings is 6. The molecule has 61 heavy (non-hydrogen) atoms. The summed E-state index contributed by atoms with van der Waals surface area (Å²) in [6, 6.07) is 42.3. The van der Waals surface area contributed by atoms with Crippen LogP contribution in [-0.2, 0) is 35.6 Å². The highest BCUT2D eigenvalue weighted by molar-refractivity contribution is 6.42. The number of carbonyl (C=O) groups is 2. The molecule has 2 N–H and O–H groups in total. The van der Waals surface area contributed by atoms with Gasteiger partial charge in [-0.2, -0.15) is 5.26 Å².